The summed E-state index contributed by atoms with van der Waals surface area (Å²) in [6.45, 7) is 0. The first-order valence-electron chi connectivity index (χ1n) is 6.05. The number of nitro groups is 1. The first-order chi connectivity index (χ1) is 10.1. The molecule has 0 aliphatic carbocycles. The Bertz CT molecular complexity index is 699. The van der Waals surface area contributed by atoms with E-state index in [1.165, 1.54) is 24.3 Å². The topological polar surface area (TPSA) is 72.2 Å². The lowest BCUT2D eigenvalue weighted by atomic mass is 10.2. The average Bonchev–Trinajstić information content (AvgIpc) is 2.48. The van der Waals surface area contributed by atoms with E-state index in [0.717, 1.165) is 5.56 Å². The van der Waals surface area contributed by atoms with Crippen molar-refractivity contribution >= 4 is 35.0 Å². The van der Waals surface area contributed by atoms with Crippen LogP contribution in [0.4, 0.5) is 11.4 Å². The predicted octanol–water partition coefficient (Wildman–Crippen LogP) is 3.81. The Labute approximate surface area is 126 Å². The zero-order chi connectivity index (χ0) is 15.2. The van der Waals surface area contributed by atoms with Crippen LogP contribution in [-0.2, 0) is 4.79 Å². The quantitative estimate of drug-likeness (QED) is 0.530. The predicted molar refractivity (Wildman–Crippen MR) is 82.0 cm³/mol. The third-order valence-electron chi connectivity index (χ3n) is 2.66. The van der Waals surface area contributed by atoms with Gasteiger partial charge in [-0.25, -0.2) is 0 Å². The lowest BCUT2D eigenvalue weighted by molar-refractivity contribution is -0.383. The third kappa shape index (κ3) is 3.90. The standard InChI is InChI=1S/C15H11ClN2O3/c16-12(10-11-6-2-1-3-7-11)15(19)17-13-8-4-5-9-14(13)18(20)21/h1-10H,(H,17,19). The lowest BCUT2D eigenvalue weighted by Crippen LogP contribution is -2.12. The zero-order valence-electron chi connectivity index (χ0n) is 10.8. The van der Waals surface area contributed by atoms with Crippen LogP contribution in [0.15, 0.2) is 59.6 Å². The van der Waals surface area contributed by atoms with Crippen molar-refractivity contribution < 1.29 is 9.72 Å². The van der Waals surface area contributed by atoms with Gasteiger partial charge in [0.15, 0.2) is 0 Å². The molecule has 2 aromatic carbocycles. The van der Waals surface area contributed by atoms with Crippen molar-refractivity contribution in [3.8, 4) is 0 Å². The van der Waals surface area contributed by atoms with Gasteiger partial charge < -0.3 is 5.32 Å². The highest BCUT2D eigenvalue weighted by atomic mass is 35.5. The minimum absolute atomic E-state index is 0.0562. The fraction of sp³-hybridized carbons (Fsp3) is 0. The molecule has 106 valence electrons. The van der Waals surface area contributed by atoms with Crippen LogP contribution in [0.5, 0.6) is 0 Å². The Balaban J connectivity index is 2.19. The highest BCUT2D eigenvalue weighted by Gasteiger charge is 2.16. The molecule has 6 heteroatoms. The maximum absolute atomic E-state index is 12.0. The van der Waals surface area contributed by atoms with Gasteiger partial charge in [-0.1, -0.05) is 54.1 Å². The van der Waals surface area contributed by atoms with Gasteiger partial charge in [0.05, 0.1) is 4.92 Å². The van der Waals surface area contributed by atoms with Gasteiger partial charge in [0.2, 0.25) is 0 Å². The maximum atomic E-state index is 12.0. The van der Waals surface area contributed by atoms with Crippen molar-refractivity contribution in [2.75, 3.05) is 5.32 Å². The first-order valence-corrected chi connectivity index (χ1v) is 6.43. The fourth-order valence-corrected chi connectivity index (χ4v) is 1.85. The van der Waals surface area contributed by atoms with Crippen LogP contribution in [0.2, 0.25) is 0 Å². The molecule has 0 bridgehead atoms. The van der Waals surface area contributed by atoms with Crippen molar-refractivity contribution in [3.05, 3.63) is 75.3 Å². The van der Waals surface area contributed by atoms with Crippen LogP contribution in [0.25, 0.3) is 6.08 Å². The number of nitrogens with one attached hydrogen (secondary N) is 1. The monoisotopic (exact) mass is 302 g/mol. The van der Waals surface area contributed by atoms with Crippen molar-refractivity contribution in [2.45, 2.75) is 0 Å². The number of para-hydroxylation sites is 2. The number of amides is 1. The number of halogens is 1. The van der Waals surface area contributed by atoms with Gasteiger partial charge in [-0.2, -0.15) is 0 Å². The van der Waals surface area contributed by atoms with Gasteiger partial charge in [-0.3, -0.25) is 14.9 Å². The van der Waals surface area contributed by atoms with Crippen molar-refractivity contribution in [1.82, 2.24) is 0 Å². The lowest BCUT2D eigenvalue weighted by Gasteiger charge is -2.05. The van der Waals surface area contributed by atoms with E-state index in [1.54, 1.807) is 18.2 Å². The Kier molecular flexibility index (Phi) is 4.68. The van der Waals surface area contributed by atoms with Gasteiger partial charge in [0.25, 0.3) is 11.6 Å². The zero-order valence-corrected chi connectivity index (χ0v) is 11.6. The number of anilines is 1. The molecule has 1 N–H and O–H groups in total. The molecule has 0 fully saturated rings. The van der Waals surface area contributed by atoms with E-state index >= 15 is 0 Å². The van der Waals surface area contributed by atoms with Crippen LogP contribution in [0, 0.1) is 10.1 Å². The summed E-state index contributed by atoms with van der Waals surface area (Å²) in [6.07, 6.45) is 1.49. The van der Waals surface area contributed by atoms with Gasteiger partial charge in [0, 0.05) is 6.07 Å². The van der Waals surface area contributed by atoms with Gasteiger partial charge in [-0.05, 0) is 17.7 Å². The molecule has 0 radical (unpaired) electrons. The van der Waals surface area contributed by atoms with Crippen molar-refractivity contribution in [1.29, 1.82) is 0 Å². The van der Waals surface area contributed by atoms with Gasteiger partial charge in [0.1, 0.15) is 10.7 Å². The molecule has 0 saturated carbocycles. The second-order valence-electron chi connectivity index (χ2n) is 4.13. The number of rotatable bonds is 4. The van der Waals surface area contributed by atoms with E-state index < -0.39 is 10.8 Å². The summed E-state index contributed by atoms with van der Waals surface area (Å²) in [4.78, 5) is 22.3. The van der Waals surface area contributed by atoms with E-state index in [1.807, 2.05) is 18.2 Å². The molecule has 0 atom stereocenters. The second-order valence-corrected chi connectivity index (χ2v) is 4.54. The number of nitrogens with zero attached hydrogens (tertiary/aromatic N) is 1. The largest absolute Gasteiger partial charge is 0.315 e. The number of nitro benzene ring substituents is 1. The second kappa shape index (κ2) is 6.67. The maximum Gasteiger partial charge on any atom is 0.292 e. The van der Waals surface area contributed by atoms with Crippen LogP contribution in [0.3, 0.4) is 0 Å². The highest BCUT2D eigenvalue weighted by molar-refractivity contribution is 6.45. The summed E-state index contributed by atoms with van der Waals surface area (Å²) >= 11 is 5.93. The van der Waals surface area contributed by atoms with E-state index in [9.17, 15) is 14.9 Å². The number of hydrogen-bond donors (Lipinski definition) is 1. The third-order valence-corrected chi connectivity index (χ3v) is 2.94. The summed E-state index contributed by atoms with van der Waals surface area (Å²) in [6, 6.07) is 14.9. The molecule has 0 heterocycles. The molecule has 0 saturated heterocycles. The van der Waals surface area contributed by atoms with E-state index in [0.29, 0.717) is 0 Å². The Morgan fingerprint density at radius 2 is 1.71 bits per heavy atom. The summed E-state index contributed by atoms with van der Waals surface area (Å²) in [7, 11) is 0. The van der Waals surface area contributed by atoms with Crippen LogP contribution in [0.1, 0.15) is 5.56 Å². The molecule has 5 nitrogen and oxygen atoms in total. The molecule has 21 heavy (non-hydrogen) atoms. The smallest absolute Gasteiger partial charge is 0.292 e. The number of carbonyl (C=O) groups excluding carboxylic acids is 1. The molecule has 2 aromatic rings. The highest BCUT2D eigenvalue weighted by Crippen LogP contribution is 2.24. The van der Waals surface area contributed by atoms with Gasteiger partial charge >= 0.3 is 0 Å². The van der Waals surface area contributed by atoms with Crippen LogP contribution >= 0.6 is 11.6 Å². The molecule has 0 unspecified atom stereocenters. The Hall–Kier alpha value is -2.66. The molecular formula is C15H11ClN2O3. The molecule has 0 aromatic heterocycles. The van der Waals surface area contributed by atoms with Crippen LogP contribution < -0.4 is 5.32 Å². The average molecular weight is 303 g/mol. The SMILES string of the molecule is O=C(Nc1ccccc1[N+](=O)[O-])C(Cl)=Cc1ccccc1. The molecule has 2 rings (SSSR count). The molecule has 1 amide bonds. The minimum Gasteiger partial charge on any atom is -0.315 e. The molecular weight excluding hydrogens is 292 g/mol. The number of benzene rings is 2. The van der Waals surface area contributed by atoms with Crippen molar-refractivity contribution in [2.24, 2.45) is 0 Å². The molecule has 0 spiro atoms. The molecule has 0 aliphatic heterocycles. The summed E-state index contributed by atoms with van der Waals surface area (Å²) in [5.41, 5.74) is 0.683. The first kappa shape index (κ1) is 14.7. The van der Waals surface area contributed by atoms with Crippen molar-refractivity contribution in [3.63, 3.8) is 0 Å². The summed E-state index contributed by atoms with van der Waals surface area (Å²) in [5, 5.41) is 13.2. The summed E-state index contributed by atoms with van der Waals surface area (Å²) < 4.78 is 0. The van der Waals surface area contributed by atoms with E-state index in [2.05, 4.69) is 5.32 Å². The Morgan fingerprint density at radius 3 is 2.38 bits per heavy atom. The normalized spacial score (nSPS) is 11.0. The summed E-state index contributed by atoms with van der Waals surface area (Å²) in [5.74, 6) is -0.602. The van der Waals surface area contributed by atoms with E-state index in [4.69, 9.17) is 11.6 Å². The number of hydrogen-bond acceptors (Lipinski definition) is 3. The van der Waals surface area contributed by atoms with Crippen LogP contribution in [-0.4, -0.2) is 10.8 Å². The fourth-order valence-electron chi connectivity index (χ4n) is 1.68. The van der Waals surface area contributed by atoms with Gasteiger partial charge in [-0.15, -0.1) is 0 Å². The van der Waals surface area contributed by atoms with E-state index in [-0.39, 0.29) is 16.4 Å². The molecule has 0 aliphatic rings. The number of carbonyl (C=O) groups is 1. The Morgan fingerprint density at radius 1 is 1.10 bits per heavy atom. The minimum atomic E-state index is -0.602.